The van der Waals surface area contributed by atoms with Crippen LogP contribution in [0.2, 0.25) is 15.1 Å². The highest BCUT2D eigenvalue weighted by Crippen LogP contribution is 2.44. The SMILES string of the molecule is Cc1ncc(Cl)c([C@@H](C)Oc2cc3c(-c4cnc(N5CC6(C5)CN(S(C)(=O)=O)C6)c(F)c4)n[nH]c3cc2Cl)c1Cl. The van der Waals surface area contributed by atoms with E-state index in [1.54, 1.807) is 25.3 Å². The van der Waals surface area contributed by atoms with Gasteiger partial charge in [0.1, 0.15) is 17.5 Å². The largest absolute Gasteiger partial charge is 0.484 e. The molecule has 0 saturated carbocycles. The van der Waals surface area contributed by atoms with Gasteiger partial charge in [0.15, 0.2) is 11.6 Å². The highest BCUT2D eigenvalue weighted by Gasteiger charge is 2.55. The van der Waals surface area contributed by atoms with E-state index in [1.807, 2.05) is 11.8 Å². The number of aromatic amines is 1. The van der Waals surface area contributed by atoms with E-state index in [0.29, 0.717) is 80.4 Å². The maximum atomic E-state index is 15.2. The van der Waals surface area contributed by atoms with Gasteiger partial charge in [-0.15, -0.1) is 0 Å². The molecule has 0 aliphatic carbocycles. The number of pyridine rings is 2. The normalized spacial score (nSPS) is 17.6. The number of hydrogen-bond donors (Lipinski definition) is 1. The quantitative estimate of drug-likeness (QED) is 0.295. The highest BCUT2D eigenvalue weighted by molar-refractivity contribution is 7.88. The summed E-state index contributed by atoms with van der Waals surface area (Å²) in [7, 11) is -3.20. The maximum Gasteiger partial charge on any atom is 0.211 e. The number of rotatable bonds is 6. The average Bonchev–Trinajstić information content (AvgIpc) is 3.22. The summed E-state index contributed by atoms with van der Waals surface area (Å²) in [5.74, 6) is 0.124. The van der Waals surface area contributed by atoms with Crippen LogP contribution in [0, 0.1) is 18.2 Å². The van der Waals surface area contributed by atoms with Gasteiger partial charge in [-0.05, 0) is 32.0 Å². The third-order valence-corrected chi connectivity index (χ3v) is 9.72. The lowest BCUT2D eigenvalue weighted by Gasteiger charge is -2.59. The van der Waals surface area contributed by atoms with E-state index in [1.165, 1.54) is 22.8 Å². The van der Waals surface area contributed by atoms with Crippen LogP contribution >= 0.6 is 34.8 Å². The molecule has 210 valence electrons. The number of halogens is 4. The van der Waals surface area contributed by atoms with Gasteiger partial charge in [0, 0.05) is 60.5 Å². The van der Waals surface area contributed by atoms with Gasteiger partial charge in [0.2, 0.25) is 10.0 Å². The Labute approximate surface area is 245 Å². The first-order valence-corrected chi connectivity index (χ1v) is 15.3. The Hall–Kier alpha value is -2.70. The van der Waals surface area contributed by atoms with E-state index in [2.05, 4.69) is 20.2 Å². The lowest BCUT2D eigenvalue weighted by atomic mass is 9.74. The van der Waals surface area contributed by atoms with Crippen molar-refractivity contribution < 1.29 is 17.5 Å². The van der Waals surface area contributed by atoms with Gasteiger partial charge in [-0.3, -0.25) is 10.1 Å². The van der Waals surface area contributed by atoms with Crippen molar-refractivity contribution in [2.75, 3.05) is 37.3 Å². The Morgan fingerprint density at radius 1 is 1.07 bits per heavy atom. The lowest BCUT2D eigenvalue weighted by molar-refractivity contribution is 0.0390. The van der Waals surface area contributed by atoms with Crippen LogP contribution in [0.25, 0.3) is 22.2 Å². The minimum absolute atomic E-state index is 0.134. The van der Waals surface area contributed by atoms with E-state index in [0.717, 1.165) is 0 Å². The molecule has 2 aliphatic heterocycles. The van der Waals surface area contributed by atoms with Crippen molar-refractivity contribution in [3.63, 3.8) is 0 Å². The van der Waals surface area contributed by atoms with E-state index in [4.69, 9.17) is 39.5 Å². The van der Waals surface area contributed by atoms with Crippen LogP contribution in [-0.4, -0.2) is 65.3 Å². The Kier molecular flexibility index (Phi) is 6.66. The molecule has 1 aromatic carbocycles. The topological polar surface area (TPSA) is 104 Å². The summed E-state index contributed by atoms with van der Waals surface area (Å²) >= 11 is 19.3. The second kappa shape index (κ2) is 9.70. The zero-order chi connectivity index (χ0) is 28.6. The molecule has 2 aliphatic rings. The van der Waals surface area contributed by atoms with Crippen molar-refractivity contribution in [1.29, 1.82) is 0 Å². The number of ether oxygens (including phenoxy) is 1. The molecule has 0 bridgehead atoms. The third-order valence-electron chi connectivity index (χ3n) is 7.45. The minimum Gasteiger partial charge on any atom is -0.484 e. The fraction of sp³-hybridized carbons (Fsp3) is 0.346. The Balaban J connectivity index is 1.24. The van der Waals surface area contributed by atoms with Gasteiger partial charge in [0.05, 0.1) is 32.5 Å². The molecule has 0 unspecified atom stereocenters. The molecule has 1 N–H and O–H groups in total. The molecule has 4 aromatic rings. The second-order valence-electron chi connectivity index (χ2n) is 10.5. The predicted octanol–water partition coefficient (Wildman–Crippen LogP) is 5.65. The van der Waals surface area contributed by atoms with Crippen LogP contribution in [0.5, 0.6) is 5.75 Å². The summed E-state index contributed by atoms with van der Waals surface area (Å²) in [4.78, 5) is 10.4. The van der Waals surface area contributed by atoms with Crippen LogP contribution in [0.3, 0.4) is 0 Å². The average molecular weight is 626 g/mol. The number of hydrogen-bond acceptors (Lipinski definition) is 7. The molecule has 2 fully saturated rings. The maximum absolute atomic E-state index is 15.2. The van der Waals surface area contributed by atoms with Crippen LogP contribution in [0.4, 0.5) is 10.2 Å². The van der Waals surface area contributed by atoms with Gasteiger partial charge >= 0.3 is 0 Å². The zero-order valence-electron chi connectivity index (χ0n) is 21.7. The number of fused-ring (bicyclic) bond motifs is 1. The summed E-state index contributed by atoms with van der Waals surface area (Å²) in [6.45, 7) is 5.59. The molecule has 40 heavy (non-hydrogen) atoms. The molecule has 1 spiro atoms. The standard InChI is InChI=1S/C26H24Cl3FN6O3S/c1-13-23(29)22(18(28)8-31-13)14(2)39-21-5-16-20(6-17(21)27)33-34-24(16)15-4-19(30)25(32-7-15)35-9-26(10-35)11-36(12-26)40(3,37)38/h4-8,14H,9-12H2,1-3H3,(H,33,34)/t14-/m1/s1. The van der Waals surface area contributed by atoms with E-state index in [-0.39, 0.29) is 11.2 Å². The van der Waals surface area contributed by atoms with Crippen LogP contribution in [-0.2, 0) is 10.0 Å². The summed E-state index contributed by atoms with van der Waals surface area (Å²) < 4.78 is 46.2. The van der Waals surface area contributed by atoms with Crippen molar-refractivity contribution in [2.45, 2.75) is 20.0 Å². The number of anilines is 1. The minimum atomic E-state index is -3.20. The first kappa shape index (κ1) is 27.5. The van der Waals surface area contributed by atoms with Crippen molar-refractivity contribution in [3.8, 4) is 17.0 Å². The molecule has 2 saturated heterocycles. The van der Waals surface area contributed by atoms with Crippen molar-refractivity contribution in [1.82, 2.24) is 24.5 Å². The monoisotopic (exact) mass is 624 g/mol. The molecule has 6 rings (SSSR count). The predicted molar refractivity (Wildman–Crippen MR) is 153 cm³/mol. The van der Waals surface area contributed by atoms with Gasteiger partial charge in [-0.25, -0.2) is 22.1 Å². The van der Waals surface area contributed by atoms with Gasteiger partial charge in [-0.2, -0.15) is 5.10 Å². The smallest absolute Gasteiger partial charge is 0.211 e. The van der Waals surface area contributed by atoms with E-state index in [9.17, 15) is 8.42 Å². The molecular weight excluding hydrogens is 602 g/mol. The van der Waals surface area contributed by atoms with Gasteiger partial charge < -0.3 is 9.64 Å². The van der Waals surface area contributed by atoms with E-state index >= 15 is 4.39 Å². The summed E-state index contributed by atoms with van der Waals surface area (Å²) in [6, 6.07) is 4.81. The number of sulfonamides is 1. The van der Waals surface area contributed by atoms with Crippen molar-refractivity contribution in [3.05, 3.63) is 62.7 Å². The first-order chi connectivity index (χ1) is 18.8. The van der Waals surface area contributed by atoms with Gasteiger partial charge in [0.25, 0.3) is 0 Å². The number of aryl methyl sites for hydroxylation is 1. The summed E-state index contributed by atoms with van der Waals surface area (Å²) in [6.07, 6.45) is 3.76. The number of nitrogens with zero attached hydrogens (tertiary/aromatic N) is 5. The summed E-state index contributed by atoms with van der Waals surface area (Å²) in [5.41, 5.74) is 2.70. The van der Waals surface area contributed by atoms with Gasteiger partial charge in [-0.1, -0.05) is 34.8 Å². The number of aromatic nitrogens is 4. The van der Waals surface area contributed by atoms with Crippen LogP contribution in [0.15, 0.2) is 30.6 Å². The Morgan fingerprint density at radius 2 is 1.80 bits per heavy atom. The highest BCUT2D eigenvalue weighted by atomic mass is 35.5. The number of nitrogens with one attached hydrogen (secondary N) is 1. The summed E-state index contributed by atoms with van der Waals surface area (Å²) in [5, 5.41) is 9.13. The van der Waals surface area contributed by atoms with Crippen molar-refractivity contribution in [2.24, 2.45) is 5.41 Å². The van der Waals surface area contributed by atoms with E-state index < -0.39 is 21.9 Å². The molecular formula is C26H24Cl3FN6O3S. The zero-order valence-corrected chi connectivity index (χ0v) is 24.8. The molecule has 9 nitrogen and oxygen atoms in total. The van der Waals surface area contributed by atoms with Crippen molar-refractivity contribution >= 4 is 61.5 Å². The molecule has 0 radical (unpaired) electrons. The molecule has 1 atom stereocenters. The third kappa shape index (κ3) is 4.67. The first-order valence-electron chi connectivity index (χ1n) is 12.4. The van der Waals surface area contributed by atoms with Crippen LogP contribution < -0.4 is 9.64 Å². The molecule has 3 aromatic heterocycles. The fourth-order valence-corrected chi connectivity index (χ4v) is 7.25. The molecule has 14 heteroatoms. The molecule has 5 heterocycles. The van der Waals surface area contributed by atoms with Crippen LogP contribution in [0.1, 0.15) is 24.3 Å². The Bertz CT molecular complexity index is 1770. The molecule has 0 amide bonds. The lowest BCUT2D eigenvalue weighted by Crippen LogP contribution is -2.73. The second-order valence-corrected chi connectivity index (χ2v) is 13.7. The number of benzene rings is 1. The fourth-order valence-electron chi connectivity index (χ4n) is 5.37. The Morgan fingerprint density at radius 3 is 2.48 bits per heavy atom. The number of H-pyrrole nitrogens is 1.